The first kappa shape index (κ1) is 12.3. The second-order valence-electron chi connectivity index (χ2n) is 3.67. The molecule has 0 aliphatic rings. The summed E-state index contributed by atoms with van der Waals surface area (Å²) in [6, 6.07) is 7.31. The Balaban J connectivity index is 2.61. The number of allylic oxidation sites excluding steroid dienone is 1. The molecular formula is C13H17NO2. The van der Waals surface area contributed by atoms with E-state index < -0.39 is 0 Å². The van der Waals surface area contributed by atoms with Crippen molar-refractivity contribution in [1.82, 2.24) is 0 Å². The zero-order valence-electron chi connectivity index (χ0n) is 9.91. The largest absolute Gasteiger partial charge is 0.494 e. The average Bonchev–Trinajstić information content (AvgIpc) is 2.20. The first-order valence-corrected chi connectivity index (χ1v) is 5.30. The van der Waals surface area contributed by atoms with Gasteiger partial charge in [0.2, 0.25) is 5.91 Å². The highest BCUT2D eigenvalue weighted by Crippen LogP contribution is 2.15. The molecule has 1 aromatic carbocycles. The van der Waals surface area contributed by atoms with Crippen LogP contribution < -0.4 is 10.1 Å². The van der Waals surface area contributed by atoms with Gasteiger partial charge in [0.1, 0.15) is 5.75 Å². The van der Waals surface area contributed by atoms with Crippen LogP contribution in [0, 0.1) is 0 Å². The minimum absolute atomic E-state index is 0.107. The van der Waals surface area contributed by atoms with Crippen LogP contribution in [-0.2, 0) is 4.79 Å². The number of hydrogen-bond donors (Lipinski definition) is 1. The molecule has 0 fully saturated rings. The molecule has 0 saturated heterocycles. The topological polar surface area (TPSA) is 38.3 Å². The number of benzene rings is 1. The maximum Gasteiger partial charge on any atom is 0.248 e. The van der Waals surface area contributed by atoms with E-state index in [1.807, 2.05) is 45.0 Å². The van der Waals surface area contributed by atoms with Crippen LogP contribution in [0.1, 0.15) is 20.8 Å². The summed E-state index contributed by atoms with van der Waals surface area (Å²) in [4.78, 5) is 11.4. The maximum absolute atomic E-state index is 11.4. The molecule has 3 nitrogen and oxygen atoms in total. The van der Waals surface area contributed by atoms with E-state index in [-0.39, 0.29) is 5.91 Å². The van der Waals surface area contributed by atoms with Crippen molar-refractivity contribution in [3.8, 4) is 5.75 Å². The minimum atomic E-state index is -0.107. The van der Waals surface area contributed by atoms with E-state index in [2.05, 4.69) is 5.32 Å². The van der Waals surface area contributed by atoms with Crippen molar-refractivity contribution in [3.63, 3.8) is 0 Å². The second-order valence-corrected chi connectivity index (χ2v) is 3.67. The molecule has 16 heavy (non-hydrogen) atoms. The van der Waals surface area contributed by atoms with E-state index in [9.17, 15) is 4.79 Å². The molecule has 0 aliphatic heterocycles. The fraction of sp³-hybridized carbons (Fsp3) is 0.308. The normalized spacial score (nSPS) is 9.44. The van der Waals surface area contributed by atoms with Gasteiger partial charge in [0, 0.05) is 11.8 Å². The molecule has 86 valence electrons. The smallest absolute Gasteiger partial charge is 0.248 e. The van der Waals surface area contributed by atoms with Gasteiger partial charge < -0.3 is 10.1 Å². The number of nitrogens with one attached hydrogen (secondary N) is 1. The van der Waals surface area contributed by atoms with Crippen molar-refractivity contribution in [3.05, 3.63) is 35.9 Å². The molecule has 0 atom stereocenters. The molecule has 1 rings (SSSR count). The molecule has 3 heteroatoms. The highest BCUT2D eigenvalue weighted by Gasteiger charge is 1.98. The summed E-state index contributed by atoms with van der Waals surface area (Å²) < 4.78 is 5.31. The van der Waals surface area contributed by atoms with Gasteiger partial charge in [-0.2, -0.15) is 0 Å². The summed E-state index contributed by atoms with van der Waals surface area (Å²) in [7, 11) is 0. The Hall–Kier alpha value is -1.77. The monoisotopic (exact) mass is 219 g/mol. The first-order chi connectivity index (χ1) is 7.61. The van der Waals surface area contributed by atoms with Crippen LogP contribution in [0.4, 0.5) is 5.69 Å². The summed E-state index contributed by atoms with van der Waals surface area (Å²) in [5.41, 5.74) is 1.74. The minimum Gasteiger partial charge on any atom is -0.494 e. The third kappa shape index (κ3) is 4.17. The van der Waals surface area contributed by atoms with Gasteiger partial charge in [0.05, 0.1) is 6.61 Å². The number of anilines is 1. The van der Waals surface area contributed by atoms with Crippen LogP contribution in [0.15, 0.2) is 35.9 Å². The van der Waals surface area contributed by atoms with Crippen molar-refractivity contribution in [2.24, 2.45) is 0 Å². The Bertz CT molecular complexity index is 375. The Morgan fingerprint density at radius 3 is 2.44 bits per heavy atom. The number of hydrogen-bond acceptors (Lipinski definition) is 2. The fourth-order valence-electron chi connectivity index (χ4n) is 1.24. The predicted octanol–water partition coefficient (Wildman–Crippen LogP) is 2.99. The predicted molar refractivity (Wildman–Crippen MR) is 65.7 cm³/mol. The summed E-state index contributed by atoms with van der Waals surface area (Å²) in [6.45, 7) is 6.35. The number of ether oxygens (including phenoxy) is 1. The Morgan fingerprint density at radius 2 is 1.94 bits per heavy atom. The van der Waals surface area contributed by atoms with E-state index in [0.717, 1.165) is 17.0 Å². The van der Waals surface area contributed by atoms with Crippen molar-refractivity contribution in [1.29, 1.82) is 0 Å². The number of rotatable bonds is 4. The highest BCUT2D eigenvalue weighted by atomic mass is 16.5. The van der Waals surface area contributed by atoms with Gasteiger partial charge in [-0.15, -0.1) is 0 Å². The van der Waals surface area contributed by atoms with Crippen molar-refractivity contribution in [2.45, 2.75) is 20.8 Å². The van der Waals surface area contributed by atoms with Crippen LogP contribution in [0.25, 0.3) is 0 Å². The lowest BCUT2D eigenvalue weighted by Gasteiger charge is -2.05. The van der Waals surface area contributed by atoms with Crippen molar-refractivity contribution >= 4 is 11.6 Å². The Kier molecular flexibility index (Phi) is 4.58. The number of carbonyl (C=O) groups excluding carboxylic acids is 1. The van der Waals surface area contributed by atoms with Crippen LogP contribution >= 0.6 is 0 Å². The number of carbonyl (C=O) groups is 1. The molecule has 1 N–H and O–H groups in total. The molecule has 0 aliphatic carbocycles. The zero-order chi connectivity index (χ0) is 12.0. The third-order valence-electron chi connectivity index (χ3n) is 1.85. The number of amides is 1. The van der Waals surface area contributed by atoms with Gasteiger partial charge >= 0.3 is 0 Å². The molecule has 1 aromatic rings. The van der Waals surface area contributed by atoms with Crippen LogP contribution in [0.5, 0.6) is 5.75 Å². The molecule has 0 unspecified atom stereocenters. The lowest BCUT2D eigenvalue weighted by molar-refractivity contribution is -0.111. The molecule has 0 saturated carbocycles. The summed E-state index contributed by atoms with van der Waals surface area (Å²) >= 11 is 0. The lowest BCUT2D eigenvalue weighted by Crippen LogP contribution is -2.08. The van der Waals surface area contributed by atoms with E-state index in [0.29, 0.717) is 6.61 Å². The molecular weight excluding hydrogens is 202 g/mol. The van der Waals surface area contributed by atoms with Gasteiger partial charge in [-0.25, -0.2) is 0 Å². The summed E-state index contributed by atoms with van der Waals surface area (Å²) in [5.74, 6) is 0.701. The fourth-order valence-corrected chi connectivity index (χ4v) is 1.24. The standard InChI is InChI=1S/C13H17NO2/c1-4-16-12-7-5-11(6-8-12)14-13(15)9-10(2)3/h5-9H,4H2,1-3H3,(H,14,15). The Morgan fingerprint density at radius 1 is 1.31 bits per heavy atom. The summed E-state index contributed by atoms with van der Waals surface area (Å²) in [5, 5.41) is 2.77. The average molecular weight is 219 g/mol. The first-order valence-electron chi connectivity index (χ1n) is 5.30. The van der Waals surface area contributed by atoms with Gasteiger partial charge in [-0.1, -0.05) is 5.57 Å². The van der Waals surface area contributed by atoms with E-state index in [4.69, 9.17) is 4.74 Å². The SMILES string of the molecule is CCOc1ccc(NC(=O)C=C(C)C)cc1. The van der Waals surface area contributed by atoms with Gasteiger partial charge in [0.25, 0.3) is 0 Å². The zero-order valence-corrected chi connectivity index (χ0v) is 9.91. The van der Waals surface area contributed by atoms with Gasteiger partial charge in [0.15, 0.2) is 0 Å². The van der Waals surface area contributed by atoms with Crippen LogP contribution in [0.2, 0.25) is 0 Å². The van der Waals surface area contributed by atoms with Crippen molar-refractivity contribution in [2.75, 3.05) is 11.9 Å². The molecule has 0 bridgehead atoms. The second kappa shape index (κ2) is 5.95. The summed E-state index contributed by atoms with van der Waals surface area (Å²) in [6.07, 6.45) is 1.57. The molecule has 0 spiro atoms. The van der Waals surface area contributed by atoms with Crippen molar-refractivity contribution < 1.29 is 9.53 Å². The Labute approximate surface area is 96.1 Å². The molecule has 0 aromatic heterocycles. The highest BCUT2D eigenvalue weighted by molar-refractivity contribution is 5.99. The maximum atomic E-state index is 11.4. The van der Waals surface area contributed by atoms with Crippen LogP contribution in [-0.4, -0.2) is 12.5 Å². The third-order valence-corrected chi connectivity index (χ3v) is 1.85. The van der Waals surface area contributed by atoms with Gasteiger partial charge in [-0.05, 0) is 45.0 Å². The van der Waals surface area contributed by atoms with Gasteiger partial charge in [-0.3, -0.25) is 4.79 Å². The quantitative estimate of drug-likeness (QED) is 0.790. The van der Waals surface area contributed by atoms with E-state index in [1.54, 1.807) is 6.08 Å². The van der Waals surface area contributed by atoms with E-state index in [1.165, 1.54) is 0 Å². The van der Waals surface area contributed by atoms with E-state index >= 15 is 0 Å². The lowest BCUT2D eigenvalue weighted by atomic mass is 10.3. The van der Waals surface area contributed by atoms with Crippen LogP contribution in [0.3, 0.4) is 0 Å². The molecule has 0 radical (unpaired) electrons. The molecule has 0 heterocycles. The molecule has 1 amide bonds.